The molecule has 50 nitrogen and oxygen atoms in total. The average molecular weight is 2160 g/mol. The Morgan fingerprint density at radius 2 is 0.557 bits per heavy atom. The molecule has 20 rings (SSSR count). The van der Waals surface area contributed by atoms with Crippen molar-refractivity contribution >= 4 is 130 Å². The van der Waals surface area contributed by atoms with Gasteiger partial charge in [0.2, 0.25) is 0 Å². The van der Waals surface area contributed by atoms with Gasteiger partial charge in [-0.05, 0) is 116 Å². The van der Waals surface area contributed by atoms with Gasteiger partial charge in [-0.15, -0.1) is 73.8 Å². The minimum absolute atomic E-state index is 0. The molecular formula is C94H119N25O25S5+12. The molecule has 4 aromatic carbocycles. The van der Waals surface area contributed by atoms with Crippen molar-refractivity contribution in [3.05, 3.63) is 254 Å². The van der Waals surface area contributed by atoms with Crippen LogP contribution in [0, 0.1) is 0 Å². The fourth-order valence-corrected chi connectivity index (χ4v) is 23.8. The smallest absolute Gasteiger partial charge is 0.385 e. The zero-order valence-electron chi connectivity index (χ0n) is 80.0. The topological polar surface area (TPSA) is 576 Å². The van der Waals surface area contributed by atoms with Crippen LogP contribution >= 0.6 is 60.4 Å². The van der Waals surface area contributed by atoms with E-state index in [4.69, 9.17) is 44.5 Å². The summed E-state index contributed by atoms with van der Waals surface area (Å²) in [6, 6.07) is 30.4. The number of carbonyl (C=O) groups is 9. The quantitative estimate of drug-likeness (QED) is 0.00483. The predicted octanol–water partition coefficient (Wildman–Crippen LogP) is 4.20. The Morgan fingerprint density at radius 3 is 0.826 bits per heavy atom. The maximum Gasteiger partial charge on any atom is 0.385 e. The van der Waals surface area contributed by atoms with Crippen molar-refractivity contribution in [3.63, 3.8) is 0 Å². The number of rotatable bonds is 49. The van der Waals surface area contributed by atoms with Gasteiger partial charge in [0.05, 0.1) is 61.3 Å². The molecular weight excluding hydrogens is 2040 g/mol. The Morgan fingerprint density at radius 1 is 0.322 bits per heavy atom. The summed E-state index contributed by atoms with van der Waals surface area (Å²) in [6.07, 6.45) is 41.5. The number of aromatic nitrogens is 16. The number of hydrogen-bond acceptors (Lipinski definition) is 26. The SMILES string of the molecule is C.NOOSc1ccc(C(=O)NCCCCC[N+]23Cc4n(cc[n+]4CC(=O)O)C2n2cc[n+](CC(=O)O)c2C3)cc1.NOOSc1ccc(CC(=S)CCCCCCCCC[N+]23Cc4n(cc[n+]4CC(=O)O)C2n2cc[n+](CC(=O)O)c2C3)cc1.NOOSc1ccc([N+]23Cc4n(cc[n+]4CC(=O)O)C2n2cc[n+](CC(=O)O)c2C3)cc1.NOOSc1ccc([N+]23Cc4n(cc[n+]4CC(=O)O)C2n2cc[n+](CC(=O)O)c2C3)cc1. The number of thiocarbonyl (C=S) groups is 1. The van der Waals surface area contributed by atoms with Crippen LogP contribution in [-0.4, -0.2) is 165 Å². The molecule has 8 aromatic heterocycles. The summed E-state index contributed by atoms with van der Waals surface area (Å²) in [7, 11) is 0. The van der Waals surface area contributed by atoms with E-state index in [1.54, 1.807) is 88.8 Å². The summed E-state index contributed by atoms with van der Waals surface area (Å²) >= 11 is 9.61. The zero-order chi connectivity index (χ0) is 104. The molecule has 0 unspecified atom stereocenters. The van der Waals surface area contributed by atoms with E-state index in [0.717, 1.165) is 213 Å². The summed E-state index contributed by atoms with van der Waals surface area (Å²) in [4.78, 5) is 124. The summed E-state index contributed by atoms with van der Waals surface area (Å²) in [5, 5.41) is 77.8. The molecule has 0 saturated heterocycles. The first-order valence-corrected chi connectivity index (χ1v) is 50.8. The third-order valence-corrected chi connectivity index (χ3v) is 30.9. The van der Waals surface area contributed by atoms with Crippen LogP contribution in [0.25, 0.3) is 0 Å². The number of nitrogens with one attached hydrogen (secondary N) is 1. The van der Waals surface area contributed by atoms with Gasteiger partial charge < -0.3 is 46.2 Å². The summed E-state index contributed by atoms with van der Waals surface area (Å²) in [6.45, 7) is 6.41. The highest BCUT2D eigenvalue weighted by molar-refractivity contribution is 7.95. The largest absolute Gasteiger partial charge is 0.478 e. The zero-order valence-corrected chi connectivity index (χ0v) is 84.1. The standard InChI is InChI=1S/C30H39N6O6S2.C25H29N7O7S.2C19H19N6O6S.CH4/c31-41-42-44-25-11-9-23(10-12-25)18-24(43)8-6-4-2-1-3-5-7-17-36-21-26-32(19-28(37)38)13-15-34(26)30(36)35-16-14-33(20-29(39)40)27(35)22-36;26-38-39-40-19-6-4-18(5-7-19)24(37)27-8-2-1-3-13-32-16-20-28(14-22(33)34)9-11-30(20)25(32)31-12-10-29(15-23(35)36)21(31)17-32;2*20-30-31-32-14-3-1-13(2-4-14)25-11-15-21(9-17(26)27)5-7-23(15)19(25)24-8-6-22(10-18(28)29)16(24)12-25;/h9-16,30H,1-8,17-22,31H2;4-7,9-12,25H,1-3,8,13-17,26H2;2*1-8,19H,9-12,20H2;1H4/q+1;;2*+1;/p+9. The van der Waals surface area contributed by atoms with Gasteiger partial charge >= 0.3 is 120 Å². The summed E-state index contributed by atoms with van der Waals surface area (Å²) < 4.78 is 52.1. The third-order valence-electron chi connectivity index (χ3n) is 28.1. The number of benzene rings is 4. The molecule has 0 aliphatic carbocycles. The second-order valence-electron chi connectivity index (χ2n) is 37.2. The van der Waals surface area contributed by atoms with Crippen molar-refractivity contribution in [3.8, 4) is 0 Å². The number of carboxylic acids is 8. The van der Waals surface area contributed by atoms with Crippen LogP contribution in [0.15, 0.2) is 216 Å². The summed E-state index contributed by atoms with van der Waals surface area (Å²) in [5.41, 5.74) is 3.74. The Kier molecular flexibility index (Phi) is 34.7. The molecule has 0 atom stereocenters. The van der Waals surface area contributed by atoms with Gasteiger partial charge in [-0.1, -0.05) is 57.5 Å². The first-order chi connectivity index (χ1) is 71.4. The maximum atomic E-state index is 12.5. The van der Waals surface area contributed by atoms with E-state index in [2.05, 4.69) is 70.5 Å². The van der Waals surface area contributed by atoms with E-state index in [0.29, 0.717) is 64.8 Å². The van der Waals surface area contributed by atoms with Gasteiger partial charge in [-0.3, -0.25) is 4.79 Å². The van der Waals surface area contributed by atoms with Crippen LogP contribution in [0.5, 0.6) is 0 Å². The van der Waals surface area contributed by atoms with Crippen molar-refractivity contribution in [1.82, 2.24) is 50.8 Å². The van der Waals surface area contributed by atoms with Crippen LogP contribution in [0.2, 0.25) is 0 Å². The van der Waals surface area contributed by atoms with Crippen molar-refractivity contribution in [2.24, 2.45) is 23.6 Å². The summed E-state index contributed by atoms with van der Waals surface area (Å²) in [5.74, 6) is 19.6. The van der Waals surface area contributed by atoms with E-state index in [1.807, 2.05) is 144 Å². The van der Waals surface area contributed by atoms with Crippen LogP contribution < -0.4 is 74.4 Å². The Bertz CT molecular complexity index is 6460. The normalized spacial score (nSPS) is 19.3. The Balaban J connectivity index is 0.000000142. The van der Waals surface area contributed by atoms with E-state index >= 15 is 0 Å². The highest BCUT2D eigenvalue weighted by Crippen LogP contribution is 2.50. The second kappa shape index (κ2) is 47.7. The number of carbonyl (C=O) groups excluding carboxylic acids is 1. The highest BCUT2D eigenvalue weighted by Gasteiger charge is 2.69. The first kappa shape index (κ1) is 108. The predicted molar refractivity (Wildman–Crippen MR) is 520 cm³/mol. The van der Waals surface area contributed by atoms with E-state index in [9.17, 15) is 84.0 Å². The third kappa shape index (κ3) is 23.5. The number of fused-ring (bicyclic) bond motifs is 20. The molecule has 0 saturated carbocycles. The number of carboxylic acid groups (broad SMARTS) is 8. The number of aliphatic carboxylic acids is 8. The number of amides is 1. The number of unbranched alkanes of at least 4 members (excludes halogenated alkanes) is 8. The Hall–Kier alpha value is -13.4. The van der Waals surface area contributed by atoms with Crippen molar-refractivity contribution < 1.29 is 167 Å². The van der Waals surface area contributed by atoms with E-state index < -0.39 is 47.8 Å². The van der Waals surface area contributed by atoms with Crippen LogP contribution in [0.4, 0.5) is 11.4 Å². The monoisotopic (exact) mass is 2160 g/mol. The first-order valence-electron chi connectivity index (χ1n) is 47.4. The lowest BCUT2D eigenvalue weighted by atomic mass is 10.0. The van der Waals surface area contributed by atoms with E-state index in [1.165, 1.54) is 31.2 Å². The van der Waals surface area contributed by atoms with Crippen LogP contribution in [0.3, 0.4) is 0 Å². The Labute approximate surface area is 873 Å². The lowest BCUT2D eigenvalue weighted by Gasteiger charge is -2.28. The van der Waals surface area contributed by atoms with Crippen molar-refractivity contribution in [1.29, 1.82) is 0 Å². The minimum Gasteiger partial charge on any atom is -0.478 e. The number of nitrogens with two attached hydrogens (primary N) is 4. The molecule has 17 N–H and O–H groups in total. The number of hydrogen-bond donors (Lipinski definition) is 13. The molecule has 1 amide bonds. The van der Waals surface area contributed by atoms with Gasteiger partial charge in [0.25, 0.3) is 5.91 Å². The molecule has 12 aromatic rings. The molecule has 0 bridgehead atoms. The second-order valence-corrected chi connectivity index (χ2v) is 40.8. The minimum atomic E-state index is -0.910. The molecule has 8 aliphatic heterocycles. The van der Waals surface area contributed by atoms with Gasteiger partial charge in [0, 0.05) is 62.4 Å². The number of quaternary nitrogens is 4. The maximum absolute atomic E-state index is 12.5. The van der Waals surface area contributed by atoms with Gasteiger partial charge in [0.1, 0.15) is 111 Å². The molecule has 8 aliphatic rings. The lowest BCUT2D eigenvalue weighted by molar-refractivity contribution is -0.982. The molecule has 16 heterocycles. The van der Waals surface area contributed by atoms with Gasteiger partial charge in [0.15, 0.2) is 105 Å². The van der Waals surface area contributed by atoms with E-state index in [-0.39, 0.29) is 90.9 Å². The fourth-order valence-electron chi connectivity index (χ4n) is 22.0. The van der Waals surface area contributed by atoms with Gasteiger partial charge in [-0.2, -0.15) is 32.6 Å². The molecule has 0 radical (unpaired) electrons. The van der Waals surface area contributed by atoms with Crippen molar-refractivity contribution in [2.75, 3.05) is 19.6 Å². The molecule has 788 valence electrons. The number of nitrogens with zero attached hydrogens (tertiary/aromatic N) is 20. The van der Waals surface area contributed by atoms with Gasteiger partial charge in [-0.25, -0.2) is 83.9 Å². The van der Waals surface area contributed by atoms with Crippen LogP contribution in [0.1, 0.15) is 166 Å². The average Bonchev–Trinajstić information content (AvgIpc) is 1.53. The lowest BCUT2D eigenvalue weighted by Crippen LogP contribution is -2.49. The fraction of sp³-hybridized carbons (Fsp3) is 0.383. The van der Waals surface area contributed by atoms with Crippen molar-refractivity contribution in [2.45, 2.75) is 234 Å². The highest BCUT2D eigenvalue weighted by atomic mass is 32.2. The molecule has 0 spiro atoms. The van der Waals surface area contributed by atoms with Crippen LogP contribution in [-0.2, 0) is 187 Å². The molecule has 0 fully saturated rings. The molecule has 55 heteroatoms. The molecule has 149 heavy (non-hydrogen) atoms. The number of imidazole rings is 8.